The summed E-state index contributed by atoms with van der Waals surface area (Å²) in [5.74, 6) is -3.87. The van der Waals surface area contributed by atoms with Gasteiger partial charge in [0.1, 0.15) is 18.4 Å². The first kappa shape index (κ1) is 26.2. The number of carboxylic acids is 1. The molecule has 2 aliphatic rings. The highest BCUT2D eigenvalue weighted by molar-refractivity contribution is 6.39. The Hall–Kier alpha value is -3.38. The molecule has 3 atom stereocenters. The molecular weight excluding hydrogens is 505 g/mol. The minimum Gasteiger partial charge on any atom is -0.481 e. The van der Waals surface area contributed by atoms with E-state index in [2.05, 4.69) is 10.6 Å². The zero-order valence-corrected chi connectivity index (χ0v) is 19.8. The maximum Gasteiger partial charge on any atom is 0.305 e. The Kier molecular flexibility index (Phi) is 8.18. The number of carbonyl (C=O) groups is 6. The van der Waals surface area contributed by atoms with Gasteiger partial charge in [-0.25, -0.2) is 5.01 Å². The molecule has 4 amide bonds. The SMILES string of the molecule is Nc1c(Cl)cc(C(=O)N[C@H]2CCC(=O)N3CCC[C@@H](C(=O)N[C@H](C=O)CC(=O)O)N3C2=O)cc1Cl. The first-order valence-electron chi connectivity index (χ1n) is 10.7. The van der Waals surface area contributed by atoms with E-state index in [1.807, 2.05) is 0 Å². The summed E-state index contributed by atoms with van der Waals surface area (Å²) in [4.78, 5) is 74.0. The van der Waals surface area contributed by atoms with E-state index < -0.39 is 54.1 Å². The van der Waals surface area contributed by atoms with Crippen molar-refractivity contribution >= 4 is 64.8 Å². The van der Waals surface area contributed by atoms with Crippen molar-refractivity contribution in [1.29, 1.82) is 0 Å². The summed E-state index contributed by atoms with van der Waals surface area (Å²) >= 11 is 12.0. The highest BCUT2D eigenvalue weighted by Crippen LogP contribution is 2.29. The number of benzene rings is 1. The van der Waals surface area contributed by atoms with E-state index >= 15 is 0 Å². The van der Waals surface area contributed by atoms with Crippen LogP contribution in [0, 0.1) is 0 Å². The summed E-state index contributed by atoms with van der Waals surface area (Å²) in [6, 6.07) is -1.05. The lowest BCUT2D eigenvalue weighted by Crippen LogP contribution is -2.64. The highest BCUT2D eigenvalue weighted by atomic mass is 35.5. The van der Waals surface area contributed by atoms with Crippen LogP contribution in [-0.4, -0.2) is 75.7 Å². The van der Waals surface area contributed by atoms with Crippen molar-refractivity contribution in [2.24, 2.45) is 0 Å². The van der Waals surface area contributed by atoms with E-state index in [4.69, 9.17) is 34.0 Å². The molecule has 0 spiro atoms. The first-order valence-corrected chi connectivity index (χ1v) is 11.4. The van der Waals surface area contributed by atoms with Crippen molar-refractivity contribution in [2.45, 2.75) is 50.2 Å². The maximum atomic E-state index is 13.4. The Balaban J connectivity index is 1.83. The second-order valence-corrected chi connectivity index (χ2v) is 8.94. The van der Waals surface area contributed by atoms with Gasteiger partial charge in [0.25, 0.3) is 11.8 Å². The zero-order chi connectivity index (χ0) is 25.9. The van der Waals surface area contributed by atoms with Gasteiger partial charge < -0.3 is 26.3 Å². The normalized spacial score (nSPS) is 21.0. The third-order valence-electron chi connectivity index (χ3n) is 5.70. The van der Waals surface area contributed by atoms with Gasteiger partial charge in [0.15, 0.2) is 0 Å². The van der Waals surface area contributed by atoms with Crippen LogP contribution in [0.2, 0.25) is 10.0 Å². The second kappa shape index (κ2) is 10.9. The number of carboxylic acid groups (broad SMARTS) is 1. The molecule has 0 aliphatic carbocycles. The fraction of sp³-hybridized carbons (Fsp3) is 0.429. The molecule has 3 rings (SSSR count). The van der Waals surface area contributed by atoms with Crippen LogP contribution in [0.3, 0.4) is 0 Å². The van der Waals surface area contributed by atoms with Gasteiger partial charge in [0.05, 0.1) is 28.2 Å². The Labute approximate surface area is 209 Å². The van der Waals surface area contributed by atoms with Crippen molar-refractivity contribution < 1.29 is 33.9 Å². The van der Waals surface area contributed by atoms with Crippen LogP contribution in [0.4, 0.5) is 5.69 Å². The summed E-state index contributed by atoms with van der Waals surface area (Å²) in [6.07, 6.45) is 0.136. The third-order valence-corrected chi connectivity index (χ3v) is 6.32. The molecule has 0 bridgehead atoms. The molecular formula is C21H23Cl2N5O7. The van der Waals surface area contributed by atoms with Crippen LogP contribution in [0.15, 0.2) is 12.1 Å². The molecule has 1 aromatic carbocycles. The quantitative estimate of drug-likeness (QED) is 0.289. The Morgan fingerprint density at radius 2 is 1.86 bits per heavy atom. The number of nitrogens with two attached hydrogens (primary N) is 1. The van der Waals surface area contributed by atoms with E-state index in [0.717, 1.165) is 10.0 Å². The van der Waals surface area contributed by atoms with Gasteiger partial charge >= 0.3 is 5.97 Å². The monoisotopic (exact) mass is 527 g/mol. The Bertz CT molecular complexity index is 1060. The summed E-state index contributed by atoms with van der Waals surface area (Å²) in [7, 11) is 0. The van der Waals surface area contributed by atoms with Crippen LogP contribution in [0.5, 0.6) is 0 Å². The molecule has 2 saturated heterocycles. The molecule has 35 heavy (non-hydrogen) atoms. The number of anilines is 1. The number of nitrogens with zero attached hydrogens (tertiary/aromatic N) is 2. The number of aliphatic carboxylic acids is 1. The van der Waals surface area contributed by atoms with Gasteiger partial charge in [-0.3, -0.25) is 29.0 Å². The summed E-state index contributed by atoms with van der Waals surface area (Å²) in [5, 5.41) is 16.0. The fourth-order valence-electron chi connectivity index (χ4n) is 3.96. The van der Waals surface area contributed by atoms with Crippen LogP contribution in [-0.2, 0) is 24.0 Å². The van der Waals surface area contributed by atoms with E-state index in [-0.39, 0.29) is 53.4 Å². The van der Waals surface area contributed by atoms with Crippen molar-refractivity contribution in [2.75, 3.05) is 12.3 Å². The van der Waals surface area contributed by atoms with Crippen molar-refractivity contribution in [3.8, 4) is 0 Å². The molecule has 14 heteroatoms. The summed E-state index contributed by atoms with van der Waals surface area (Å²) < 4.78 is 0. The van der Waals surface area contributed by atoms with Crippen molar-refractivity contribution in [1.82, 2.24) is 20.7 Å². The summed E-state index contributed by atoms with van der Waals surface area (Å²) in [5.41, 5.74) is 5.83. The fourth-order valence-corrected chi connectivity index (χ4v) is 4.45. The second-order valence-electron chi connectivity index (χ2n) is 8.13. The molecule has 188 valence electrons. The molecule has 2 heterocycles. The molecule has 12 nitrogen and oxygen atoms in total. The molecule has 2 fully saturated rings. The lowest BCUT2D eigenvalue weighted by molar-refractivity contribution is -0.176. The van der Waals surface area contributed by atoms with Crippen molar-refractivity contribution in [3.05, 3.63) is 27.7 Å². The first-order chi connectivity index (χ1) is 16.5. The number of rotatable bonds is 7. The average molecular weight is 528 g/mol. The summed E-state index contributed by atoms with van der Waals surface area (Å²) in [6.45, 7) is 0.185. The number of nitrogen functional groups attached to an aromatic ring is 1. The number of amides is 4. The number of hydrazine groups is 1. The molecule has 2 aliphatic heterocycles. The van der Waals surface area contributed by atoms with Crippen LogP contribution < -0.4 is 16.4 Å². The van der Waals surface area contributed by atoms with Crippen LogP contribution in [0.25, 0.3) is 0 Å². The lowest BCUT2D eigenvalue weighted by Gasteiger charge is -2.43. The lowest BCUT2D eigenvalue weighted by atomic mass is 10.0. The Morgan fingerprint density at radius 1 is 1.20 bits per heavy atom. The van der Waals surface area contributed by atoms with Gasteiger partial charge in [-0.1, -0.05) is 23.2 Å². The standard InChI is InChI=1S/C21H23Cl2N5O7/c22-12-6-10(7-13(23)18(12)24)19(33)26-14-3-4-16(30)27-5-1-2-15(28(27)21(14)35)20(34)25-11(9-29)8-17(31)32/h6-7,9,11,14-15H,1-5,8,24H2,(H,25,34)(H,26,33)(H,31,32)/t11-,14-,15-/m0/s1. The Morgan fingerprint density at radius 3 is 2.46 bits per heavy atom. The molecule has 1 aromatic rings. The molecule has 0 radical (unpaired) electrons. The van der Waals surface area contributed by atoms with Gasteiger partial charge in [0, 0.05) is 18.5 Å². The van der Waals surface area contributed by atoms with E-state index in [9.17, 15) is 28.8 Å². The highest BCUT2D eigenvalue weighted by Gasteiger charge is 2.45. The minimum absolute atomic E-state index is 0.0167. The topological polar surface area (TPSA) is 179 Å². The number of halogens is 2. The number of carbonyl (C=O) groups excluding carboxylic acids is 5. The van der Waals surface area contributed by atoms with E-state index in [1.165, 1.54) is 12.1 Å². The number of hydrogen-bond acceptors (Lipinski definition) is 7. The number of hydrogen-bond donors (Lipinski definition) is 4. The molecule has 0 aromatic heterocycles. The number of nitrogens with one attached hydrogen (secondary N) is 2. The smallest absolute Gasteiger partial charge is 0.305 e. The third kappa shape index (κ3) is 5.82. The largest absolute Gasteiger partial charge is 0.481 e. The number of aldehydes is 1. The van der Waals surface area contributed by atoms with Crippen LogP contribution in [0.1, 0.15) is 42.5 Å². The minimum atomic E-state index is -1.30. The van der Waals surface area contributed by atoms with E-state index in [1.54, 1.807) is 0 Å². The predicted octanol–water partition coefficient (Wildman–Crippen LogP) is 0.361. The van der Waals surface area contributed by atoms with E-state index in [0.29, 0.717) is 6.42 Å². The number of fused-ring (bicyclic) bond motifs is 1. The molecule has 5 N–H and O–H groups in total. The van der Waals surface area contributed by atoms with Gasteiger partial charge in [-0.05, 0) is 31.4 Å². The maximum absolute atomic E-state index is 13.4. The zero-order valence-electron chi connectivity index (χ0n) is 18.3. The van der Waals surface area contributed by atoms with Crippen molar-refractivity contribution in [3.63, 3.8) is 0 Å². The van der Waals surface area contributed by atoms with Gasteiger partial charge in [-0.2, -0.15) is 0 Å². The van der Waals surface area contributed by atoms with Gasteiger partial charge in [0.2, 0.25) is 11.8 Å². The predicted molar refractivity (Wildman–Crippen MR) is 123 cm³/mol. The molecule has 0 unspecified atom stereocenters. The average Bonchev–Trinajstić information content (AvgIpc) is 2.93. The van der Waals surface area contributed by atoms with Gasteiger partial charge in [-0.15, -0.1) is 0 Å². The van der Waals surface area contributed by atoms with Crippen LogP contribution >= 0.6 is 23.2 Å². The molecule has 0 saturated carbocycles.